The molecule has 1 amide bonds. The number of methoxy groups -OCH3 is 1. The first-order valence-electron chi connectivity index (χ1n) is 10.3. The summed E-state index contributed by atoms with van der Waals surface area (Å²) in [6, 6.07) is 4.94. The molecule has 12 heteroatoms. The Morgan fingerprint density at radius 3 is 2.09 bits per heavy atom. The summed E-state index contributed by atoms with van der Waals surface area (Å²) in [7, 11) is 1.20. The second-order valence-corrected chi connectivity index (χ2v) is 7.33. The predicted molar refractivity (Wildman–Crippen MR) is 112 cm³/mol. The van der Waals surface area contributed by atoms with Gasteiger partial charge in [-0.2, -0.15) is 0 Å². The van der Waals surface area contributed by atoms with Crippen LogP contribution in [-0.2, 0) is 42.9 Å². The lowest BCUT2D eigenvalue weighted by molar-refractivity contribution is -0.257. The van der Waals surface area contributed by atoms with E-state index in [1.54, 1.807) is 12.1 Å². The van der Waals surface area contributed by atoms with Crippen molar-refractivity contribution in [2.24, 2.45) is 0 Å². The van der Waals surface area contributed by atoms with Crippen molar-refractivity contribution in [3.05, 3.63) is 29.8 Å². The Balaban J connectivity index is 2.52. The second kappa shape index (κ2) is 12.0. The van der Waals surface area contributed by atoms with Crippen LogP contribution in [0, 0.1) is 0 Å². The summed E-state index contributed by atoms with van der Waals surface area (Å²) in [6.07, 6.45) is -5.04. The molecule has 0 saturated carbocycles. The highest BCUT2D eigenvalue weighted by atomic mass is 16.7. The Kier molecular flexibility index (Phi) is 9.36. The summed E-state index contributed by atoms with van der Waals surface area (Å²) >= 11 is 0. The van der Waals surface area contributed by atoms with Gasteiger partial charge in [-0.25, -0.2) is 4.79 Å². The minimum absolute atomic E-state index is 0.0495. The first kappa shape index (κ1) is 26.6. The average molecular weight is 481 g/mol. The number of carbonyl (C=O) groups excluding carboxylic acids is 5. The maximum atomic E-state index is 12.2. The molecule has 1 N–H and O–H groups in total. The molecule has 0 aromatic heterocycles. The van der Waals surface area contributed by atoms with Crippen molar-refractivity contribution in [1.82, 2.24) is 5.32 Å². The smallest absolute Gasteiger partial charge is 0.341 e. The highest BCUT2D eigenvalue weighted by molar-refractivity contribution is 5.92. The maximum Gasteiger partial charge on any atom is 0.341 e. The van der Waals surface area contributed by atoms with Crippen molar-refractivity contribution < 1.29 is 52.4 Å². The molecule has 1 aliphatic heterocycles. The van der Waals surface area contributed by atoms with Crippen LogP contribution in [0.15, 0.2) is 24.3 Å². The van der Waals surface area contributed by atoms with Crippen LogP contribution in [-0.4, -0.2) is 74.1 Å². The zero-order valence-electron chi connectivity index (χ0n) is 19.4. The van der Waals surface area contributed by atoms with Gasteiger partial charge in [0.25, 0.3) is 0 Å². The normalized spacial score (nSPS) is 23.7. The number of ether oxygens (including phenoxy) is 6. The molecule has 2 rings (SSSR count). The molecule has 0 unspecified atom stereocenters. The number of amides is 1. The first-order valence-corrected chi connectivity index (χ1v) is 10.3. The number of benzene rings is 1. The van der Waals surface area contributed by atoms with E-state index in [0.29, 0.717) is 0 Å². The second-order valence-electron chi connectivity index (χ2n) is 7.33. The van der Waals surface area contributed by atoms with E-state index < -0.39 is 60.4 Å². The topological polar surface area (TPSA) is 153 Å². The lowest BCUT2D eigenvalue weighted by Gasteiger charge is -2.44. The van der Waals surface area contributed by atoms with E-state index in [4.69, 9.17) is 28.4 Å². The van der Waals surface area contributed by atoms with Crippen molar-refractivity contribution >= 4 is 29.8 Å². The molecule has 34 heavy (non-hydrogen) atoms. The Bertz CT molecular complexity index is 931. The Hall–Kier alpha value is -3.67. The third-order valence-corrected chi connectivity index (χ3v) is 4.61. The third kappa shape index (κ3) is 7.17. The molecule has 1 aromatic carbocycles. The molecule has 186 valence electrons. The largest absolute Gasteiger partial charge is 0.465 e. The summed E-state index contributed by atoms with van der Waals surface area (Å²) in [5.74, 6) is -3.26. The SMILES string of the molecule is COC(=O)c1ccccc1O[C@H]1O[C@H](COC(C)=O)[C@@H](OC(C)=O)[C@@H](OC(C)=O)[C@@H]1NC(C)=O. The van der Waals surface area contributed by atoms with Crippen LogP contribution in [0.3, 0.4) is 0 Å². The first-order chi connectivity index (χ1) is 16.0. The molecule has 1 saturated heterocycles. The predicted octanol–water partition coefficient (Wildman–Crippen LogP) is 0.508. The summed E-state index contributed by atoms with van der Waals surface area (Å²) in [6.45, 7) is 4.28. The highest BCUT2D eigenvalue weighted by Gasteiger charge is 2.52. The molecule has 1 heterocycles. The zero-order chi connectivity index (χ0) is 25.4. The van der Waals surface area contributed by atoms with Gasteiger partial charge in [-0.05, 0) is 12.1 Å². The third-order valence-electron chi connectivity index (χ3n) is 4.61. The standard InChI is InChI=1S/C22H27NO11/c1-11(24)23-18-20(32-14(4)27)19(31-13(3)26)17(10-30-12(2)25)34-22(18)33-16-9-7-6-8-15(16)21(28)29-5/h6-9,17-20,22H,10H2,1-5H3,(H,23,24)/t17-,18+,19-,20+,22+/m1/s1. The van der Waals surface area contributed by atoms with Crippen LogP contribution in [0.2, 0.25) is 0 Å². The van der Waals surface area contributed by atoms with Gasteiger partial charge in [-0.15, -0.1) is 0 Å². The van der Waals surface area contributed by atoms with E-state index in [-0.39, 0.29) is 17.9 Å². The molecule has 0 radical (unpaired) electrons. The van der Waals surface area contributed by atoms with Crippen LogP contribution >= 0.6 is 0 Å². The Morgan fingerprint density at radius 1 is 0.912 bits per heavy atom. The van der Waals surface area contributed by atoms with Gasteiger partial charge >= 0.3 is 23.9 Å². The molecule has 0 spiro atoms. The van der Waals surface area contributed by atoms with Crippen LogP contribution in [0.5, 0.6) is 5.75 Å². The number of nitrogens with one attached hydrogen (secondary N) is 1. The van der Waals surface area contributed by atoms with Crippen LogP contribution < -0.4 is 10.1 Å². The van der Waals surface area contributed by atoms with Gasteiger partial charge in [0, 0.05) is 27.7 Å². The van der Waals surface area contributed by atoms with Crippen LogP contribution in [0.25, 0.3) is 0 Å². The molecule has 12 nitrogen and oxygen atoms in total. The Labute approximate surface area is 195 Å². The molecule has 1 aliphatic rings. The fraction of sp³-hybridized carbons (Fsp3) is 0.500. The number of carbonyl (C=O) groups is 5. The van der Waals surface area contributed by atoms with Crippen molar-refractivity contribution in [2.75, 3.05) is 13.7 Å². The Morgan fingerprint density at radius 2 is 1.53 bits per heavy atom. The van der Waals surface area contributed by atoms with Gasteiger partial charge in [-0.1, -0.05) is 12.1 Å². The molecule has 0 bridgehead atoms. The average Bonchev–Trinajstić information content (AvgIpc) is 2.75. The fourth-order valence-corrected chi connectivity index (χ4v) is 3.36. The molecule has 0 aliphatic carbocycles. The number of hydrogen-bond donors (Lipinski definition) is 1. The zero-order valence-corrected chi connectivity index (χ0v) is 19.4. The van der Waals surface area contributed by atoms with Crippen molar-refractivity contribution in [3.63, 3.8) is 0 Å². The summed E-state index contributed by atoms with van der Waals surface area (Å²) in [5, 5.41) is 2.58. The van der Waals surface area contributed by atoms with Crippen LogP contribution in [0.1, 0.15) is 38.1 Å². The number of esters is 4. The molecular weight excluding hydrogens is 454 g/mol. The van der Waals surface area contributed by atoms with Crippen LogP contribution in [0.4, 0.5) is 0 Å². The highest BCUT2D eigenvalue weighted by Crippen LogP contribution is 2.30. The fourth-order valence-electron chi connectivity index (χ4n) is 3.36. The number of hydrogen-bond acceptors (Lipinski definition) is 11. The molecule has 5 atom stereocenters. The maximum absolute atomic E-state index is 12.2. The van der Waals surface area contributed by atoms with E-state index in [0.717, 1.165) is 13.8 Å². The van der Waals surface area contributed by atoms with E-state index in [9.17, 15) is 24.0 Å². The van der Waals surface area contributed by atoms with Gasteiger partial charge in [0.2, 0.25) is 12.2 Å². The van der Waals surface area contributed by atoms with E-state index in [2.05, 4.69) is 5.32 Å². The van der Waals surface area contributed by atoms with Crippen molar-refractivity contribution in [3.8, 4) is 5.75 Å². The van der Waals surface area contributed by atoms with Gasteiger partial charge in [0.15, 0.2) is 12.2 Å². The summed E-state index contributed by atoms with van der Waals surface area (Å²) in [5.41, 5.74) is 0.0675. The monoisotopic (exact) mass is 481 g/mol. The minimum Gasteiger partial charge on any atom is -0.465 e. The lowest BCUT2D eigenvalue weighted by atomic mass is 9.96. The lowest BCUT2D eigenvalue weighted by Crippen LogP contribution is -2.67. The summed E-state index contributed by atoms with van der Waals surface area (Å²) in [4.78, 5) is 59.2. The molecular formula is C22H27NO11. The van der Waals surface area contributed by atoms with E-state index in [1.807, 2.05) is 0 Å². The summed E-state index contributed by atoms with van der Waals surface area (Å²) < 4.78 is 32.3. The van der Waals surface area contributed by atoms with E-state index in [1.165, 1.54) is 33.1 Å². The van der Waals surface area contributed by atoms with Gasteiger partial charge in [-0.3, -0.25) is 19.2 Å². The minimum atomic E-state index is -1.36. The van der Waals surface area contributed by atoms with Gasteiger partial charge < -0.3 is 33.7 Å². The van der Waals surface area contributed by atoms with Gasteiger partial charge in [0.05, 0.1) is 7.11 Å². The van der Waals surface area contributed by atoms with Gasteiger partial charge in [0.1, 0.15) is 30.1 Å². The number of rotatable bonds is 8. The van der Waals surface area contributed by atoms with Crippen molar-refractivity contribution in [2.45, 2.75) is 58.3 Å². The number of para-hydroxylation sites is 1. The van der Waals surface area contributed by atoms with Crippen molar-refractivity contribution in [1.29, 1.82) is 0 Å². The molecule has 1 aromatic rings. The molecule has 1 fully saturated rings. The quantitative estimate of drug-likeness (QED) is 0.408. The van der Waals surface area contributed by atoms with E-state index >= 15 is 0 Å².